The van der Waals surface area contributed by atoms with Crippen molar-refractivity contribution in [1.29, 1.82) is 0 Å². The molecule has 2 aliphatic rings. The van der Waals surface area contributed by atoms with Gasteiger partial charge in [-0.15, -0.1) is 0 Å². The molecule has 1 fully saturated rings. The monoisotopic (exact) mass is 474 g/mol. The van der Waals surface area contributed by atoms with Gasteiger partial charge in [0, 0.05) is 17.6 Å². The van der Waals surface area contributed by atoms with E-state index in [1.165, 1.54) is 17.7 Å². The van der Waals surface area contributed by atoms with E-state index in [-0.39, 0.29) is 11.8 Å². The second-order valence-electron chi connectivity index (χ2n) is 9.79. The zero-order valence-electron chi connectivity index (χ0n) is 20.1. The number of urea groups is 1. The number of carbonyl (C=O) groups is 1. The van der Waals surface area contributed by atoms with Crippen molar-refractivity contribution >= 4 is 17.8 Å². The first-order chi connectivity index (χ1) is 16.8. The standard InChI is InChI=1S/C28H31FN4O2/c1-3-30-26(34)32-24-7-5-4-6-19(24)12-14-28(35)15-13-21-16-25-20(17-27(21,28)2)18-31-33(25)23-10-8-22(29)9-11-23/h4-11,16,18,35H,3,12-15,17H2,1-2H3,(H2,30,32,34)/t27-,28-/m0/s1. The van der Waals surface area contributed by atoms with Crippen LogP contribution in [-0.4, -0.2) is 33.1 Å². The summed E-state index contributed by atoms with van der Waals surface area (Å²) in [5.74, 6) is -0.274. The molecule has 5 rings (SSSR count). The van der Waals surface area contributed by atoms with Gasteiger partial charge in [-0.1, -0.05) is 30.7 Å². The van der Waals surface area contributed by atoms with Crippen LogP contribution in [0.25, 0.3) is 11.8 Å². The van der Waals surface area contributed by atoms with E-state index in [2.05, 4.69) is 28.7 Å². The normalized spacial score (nSPS) is 22.8. The van der Waals surface area contributed by atoms with E-state index in [1.807, 2.05) is 42.1 Å². The summed E-state index contributed by atoms with van der Waals surface area (Å²) in [7, 11) is 0. The van der Waals surface area contributed by atoms with Crippen LogP contribution in [0.3, 0.4) is 0 Å². The molecule has 0 radical (unpaired) electrons. The molecular weight excluding hydrogens is 443 g/mol. The molecule has 0 spiro atoms. The Morgan fingerprint density at radius 3 is 2.74 bits per heavy atom. The van der Waals surface area contributed by atoms with Crippen LogP contribution in [0.15, 0.2) is 60.3 Å². The van der Waals surface area contributed by atoms with Gasteiger partial charge in [0.05, 0.1) is 23.2 Å². The number of para-hydroxylation sites is 1. The van der Waals surface area contributed by atoms with Crippen molar-refractivity contribution in [3.05, 3.63) is 82.9 Å². The molecule has 182 valence electrons. The van der Waals surface area contributed by atoms with Crippen molar-refractivity contribution in [2.75, 3.05) is 11.9 Å². The second-order valence-corrected chi connectivity index (χ2v) is 9.79. The van der Waals surface area contributed by atoms with Gasteiger partial charge >= 0.3 is 6.03 Å². The summed E-state index contributed by atoms with van der Waals surface area (Å²) < 4.78 is 15.3. The van der Waals surface area contributed by atoms with Gasteiger partial charge in [0.2, 0.25) is 0 Å². The maximum atomic E-state index is 13.4. The van der Waals surface area contributed by atoms with Gasteiger partial charge in [-0.2, -0.15) is 5.10 Å². The van der Waals surface area contributed by atoms with Crippen LogP contribution in [-0.2, 0) is 12.8 Å². The van der Waals surface area contributed by atoms with E-state index < -0.39 is 11.0 Å². The Morgan fingerprint density at radius 1 is 1.20 bits per heavy atom. The molecule has 7 heteroatoms. The minimum absolute atomic E-state index is 0.227. The van der Waals surface area contributed by atoms with E-state index in [9.17, 15) is 14.3 Å². The van der Waals surface area contributed by atoms with E-state index in [0.29, 0.717) is 32.2 Å². The Labute approximate surface area is 204 Å². The lowest BCUT2D eigenvalue weighted by Gasteiger charge is -2.42. The molecule has 2 aromatic carbocycles. The third-order valence-corrected chi connectivity index (χ3v) is 7.77. The summed E-state index contributed by atoms with van der Waals surface area (Å²) in [6.07, 6.45) is 7.49. The van der Waals surface area contributed by atoms with Crippen LogP contribution >= 0.6 is 0 Å². The molecule has 1 saturated carbocycles. The molecule has 1 heterocycles. The highest BCUT2D eigenvalue weighted by atomic mass is 19.1. The summed E-state index contributed by atoms with van der Waals surface area (Å²) in [4.78, 5) is 12.1. The second kappa shape index (κ2) is 8.96. The predicted octanol–water partition coefficient (Wildman–Crippen LogP) is 5.26. The molecule has 2 aliphatic carbocycles. The minimum Gasteiger partial charge on any atom is -0.389 e. The number of nitrogens with zero attached hydrogens (tertiary/aromatic N) is 2. The van der Waals surface area contributed by atoms with Gasteiger partial charge in [-0.25, -0.2) is 13.9 Å². The van der Waals surface area contributed by atoms with E-state index in [1.54, 1.807) is 12.1 Å². The Hall–Kier alpha value is -3.45. The average Bonchev–Trinajstić information content (AvgIpc) is 3.35. The number of halogens is 1. The summed E-state index contributed by atoms with van der Waals surface area (Å²) in [6, 6.07) is 13.9. The van der Waals surface area contributed by atoms with Crippen molar-refractivity contribution in [1.82, 2.24) is 15.1 Å². The molecule has 0 unspecified atom stereocenters. The maximum Gasteiger partial charge on any atom is 0.319 e. The summed E-state index contributed by atoms with van der Waals surface area (Å²) in [5, 5.41) is 22.2. The number of rotatable bonds is 6. The maximum absolute atomic E-state index is 13.4. The highest BCUT2D eigenvalue weighted by Crippen LogP contribution is 2.56. The number of aliphatic hydroxyl groups is 1. The lowest BCUT2D eigenvalue weighted by Crippen LogP contribution is -2.45. The van der Waals surface area contributed by atoms with Crippen molar-refractivity contribution in [3.8, 4) is 5.69 Å². The first kappa shape index (κ1) is 23.3. The summed E-state index contributed by atoms with van der Waals surface area (Å²) in [6.45, 7) is 4.59. The van der Waals surface area contributed by atoms with Crippen molar-refractivity contribution in [3.63, 3.8) is 0 Å². The molecule has 2 atom stereocenters. The van der Waals surface area contributed by atoms with Crippen molar-refractivity contribution in [2.45, 2.75) is 51.6 Å². The number of amides is 2. The van der Waals surface area contributed by atoms with Crippen molar-refractivity contribution in [2.24, 2.45) is 5.41 Å². The molecular formula is C28H31FN4O2. The molecule has 0 aliphatic heterocycles. The fourth-order valence-electron chi connectivity index (χ4n) is 5.65. The molecule has 1 aromatic heterocycles. The quantitative estimate of drug-likeness (QED) is 0.456. The topological polar surface area (TPSA) is 79.2 Å². The van der Waals surface area contributed by atoms with E-state index >= 15 is 0 Å². The lowest BCUT2D eigenvalue weighted by atomic mass is 9.65. The minimum atomic E-state index is -0.868. The number of benzene rings is 2. The smallest absolute Gasteiger partial charge is 0.319 e. The van der Waals surface area contributed by atoms with Gasteiger partial charge in [0.1, 0.15) is 5.82 Å². The first-order valence-corrected chi connectivity index (χ1v) is 12.2. The van der Waals surface area contributed by atoms with E-state index in [4.69, 9.17) is 0 Å². The van der Waals surface area contributed by atoms with Crippen LogP contribution in [0.2, 0.25) is 0 Å². The van der Waals surface area contributed by atoms with Crippen LogP contribution in [0.1, 0.15) is 49.9 Å². The first-order valence-electron chi connectivity index (χ1n) is 12.2. The zero-order valence-corrected chi connectivity index (χ0v) is 20.1. The fourth-order valence-corrected chi connectivity index (χ4v) is 5.65. The Morgan fingerprint density at radius 2 is 1.97 bits per heavy atom. The van der Waals surface area contributed by atoms with Gasteiger partial charge in [0.15, 0.2) is 0 Å². The number of fused-ring (bicyclic) bond motifs is 2. The molecule has 0 saturated heterocycles. The summed E-state index contributed by atoms with van der Waals surface area (Å²) in [5.41, 5.74) is 4.65. The molecule has 35 heavy (non-hydrogen) atoms. The Bertz CT molecular complexity index is 1280. The number of anilines is 1. The largest absolute Gasteiger partial charge is 0.389 e. The number of carbonyl (C=O) groups excluding carboxylic acids is 1. The van der Waals surface area contributed by atoms with Gasteiger partial charge in [0.25, 0.3) is 0 Å². The third kappa shape index (κ3) is 4.14. The van der Waals surface area contributed by atoms with Crippen LogP contribution in [0.4, 0.5) is 14.9 Å². The number of nitrogens with one attached hydrogen (secondary N) is 2. The van der Waals surface area contributed by atoms with Gasteiger partial charge in [-0.3, -0.25) is 0 Å². The van der Waals surface area contributed by atoms with Gasteiger partial charge in [-0.05, 0) is 86.6 Å². The molecule has 0 bridgehead atoms. The number of hydrogen-bond donors (Lipinski definition) is 3. The molecule has 3 aromatic rings. The highest BCUT2D eigenvalue weighted by Gasteiger charge is 2.54. The molecule has 3 N–H and O–H groups in total. The highest BCUT2D eigenvalue weighted by molar-refractivity contribution is 5.90. The molecule has 6 nitrogen and oxygen atoms in total. The van der Waals surface area contributed by atoms with Crippen molar-refractivity contribution < 1.29 is 14.3 Å². The number of aromatic nitrogens is 2. The number of hydrogen-bond acceptors (Lipinski definition) is 3. The van der Waals surface area contributed by atoms with E-state index in [0.717, 1.165) is 34.6 Å². The van der Waals surface area contributed by atoms with Crippen LogP contribution in [0, 0.1) is 11.2 Å². The van der Waals surface area contributed by atoms with Gasteiger partial charge < -0.3 is 15.7 Å². The lowest BCUT2D eigenvalue weighted by molar-refractivity contribution is -0.0461. The Kier molecular flexibility index (Phi) is 5.97. The predicted molar refractivity (Wildman–Crippen MR) is 135 cm³/mol. The van der Waals surface area contributed by atoms with Crippen LogP contribution < -0.4 is 10.6 Å². The third-order valence-electron chi connectivity index (χ3n) is 7.77. The van der Waals surface area contributed by atoms with Crippen LogP contribution in [0.5, 0.6) is 0 Å². The number of aryl methyl sites for hydroxylation is 1. The fraction of sp³-hybridized carbons (Fsp3) is 0.357. The molecule has 2 amide bonds. The summed E-state index contributed by atoms with van der Waals surface area (Å²) >= 11 is 0. The zero-order chi connectivity index (χ0) is 24.6. The average molecular weight is 475 g/mol. The SMILES string of the molecule is CCNC(=O)Nc1ccccc1CC[C@]1(O)CCC2=Cc3c(cnn3-c3ccc(F)cc3)C[C@@]21C. The Balaban J connectivity index is 1.37.